The number of hydrogen-bond acceptors (Lipinski definition) is 3. The van der Waals surface area contributed by atoms with Gasteiger partial charge in [-0.15, -0.1) is 11.8 Å². The SMILES string of the molecule is CC(C)CCSc1ccc(N)c2cnccc12. The number of hydrogen-bond donors (Lipinski definition) is 1. The molecule has 0 aliphatic carbocycles. The summed E-state index contributed by atoms with van der Waals surface area (Å²) < 4.78 is 0. The number of pyridine rings is 1. The molecule has 0 spiro atoms. The van der Waals surface area contributed by atoms with Crippen molar-refractivity contribution in [2.75, 3.05) is 11.5 Å². The van der Waals surface area contributed by atoms with E-state index in [4.69, 9.17) is 5.73 Å². The maximum atomic E-state index is 5.95. The summed E-state index contributed by atoms with van der Waals surface area (Å²) in [5.41, 5.74) is 6.76. The van der Waals surface area contributed by atoms with Crippen LogP contribution < -0.4 is 5.73 Å². The normalized spacial score (nSPS) is 11.2. The van der Waals surface area contributed by atoms with Crippen molar-refractivity contribution in [3.05, 3.63) is 30.6 Å². The highest BCUT2D eigenvalue weighted by Gasteiger charge is 2.04. The molecule has 0 amide bonds. The molecule has 1 aromatic heterocycles. The number of aromatic nitrogens is 1. The molecule has 2 rings (SSSR count). The van der Waals surface area contributed by atoms with E-state index in [2.05, 4.69) is 24.9 Å². The predicted octanol–water partition coefficient (Wildman–Crippen LogP) is 3.96. The van der Waals surface area contributed by atoms with Gasteiger partial charge >= 0.3 is 0 Å². The van der Waals surface area contributed by atoms with E-state index in [-0.39, 0.29) is 0 Å². The number of nitrogens with two attached hydrogens (primary N) is 1. The summed E-state index contributed by atoms with van der Waals surface area (Å²) in [4.78, 5) is 5.44. The number of rotatable bonds is 4. The van der Waals surface area contributed by atoms with E-state index >= 15 is 0 Å². The van der Waals surface area contributed by atoms with Gasteiger partial charge in [-0.3, -0.25) is 4.98 Å². The Morgan fingerprint density at radius 1 is 1.24 bits per heavy atom. The summed E-state index contributed by atoms with van der Waals surface area (Å²) in [7, 11) is 0. The second-order valence-corrected chi connectivity index (χ2v) is 5.74. The van der Waals surface area contributed by atoms with Crippen LogP contribution in [0.5, 0.6) is 0 Å². The molecule has 90 valence electrons. The van der Waals surface area contributed by atoms with Crippen LogP contribution in [0, 0.1) is 5.92 Å². The van der Waals surface area contributed by atoms with Gasteiger partial charge in [0.05, 0.1) is 0 Å². The highest BCUT2D eigenvalue weighted by Crippen LogP contribution is 2.31. The maximum Gasteiger partial charge on any atom is 0.0410 e. The average Bonchev–Trinajstić information content (AvgIpc) is 2.32. The van der Waals surface area contributed by atoms with Gasteiger partial charge in [0.2, 0.25) is 0 Å². The van der Waals surface area contributed by atoms with Crippen LogP contribution in [0.4, 0.5) is 5.69 Å². The summed E-state index contributed by atoms with van der Waals surface area (Å²) in [6.45, 7) is 4.51. The molecule has 0 aliphatic rings. The number of nitrogen functional groups attached to an aromatic ring is 1. The van der Waals surface area contributed by atoms with Crippen LogP contribution >= 0.6 is 11.8 Å². The molecule has 1 aromatic carbocycles. The van der Waals surface area contributed by atoms with E-state index in [1.165, 1.54) is 16.7 Å². The van der Waals surface area contributed by atoms with Gasteiger partial charge in [-0.05, 0) is 36.3 Å². The first kappa shape index (κ1) is 12.2. The van der Waals surface area contributed by atoms with Crippen molar-refractivity contribution in [1.82, 2.24) is 4.98 Å². The molecule has 2 N–H and O–H groups in total. The van der Waals surface area contributed by atoms with Crippen LogP contribution in [0.25, 0.3) is 10.8 Å². The summed E-state index contributed by atoms with van der Waals surface area (Å²) in [6, 6.07) is 6.13. The highest BCUT2D eigenvalue weighted by molar-refractivity contribution is 7.99. The molecule has 0 aliphatic heterocycles. The zero-order valence-electron chi connectivity index (χ0n) is 10.3. The Morgan fingerprint density at radius 2 is 2.06 bits per heavy atom. The largest absolute Gasteiger partial charge is 0.398 e. The number of benzene rings is 1. The van der Waals surface area contributed by atoms with Crippen molar-refractivity contribution in [3.8, 4) is 0 Å². The van der Waals surface area contributed by atoms with Gasteiger partial charge in [-0.1, -0.05) is 13.8 Å². The van der Waals surface area contributed by atoms with E-state index in [0.29, 0.717) is 0 Å². The third-order valence-electron chi connectivity index (χ3n) is 2.76. The van der Waals surface area contributed by atoms with E-state index in [1.807, 2.05) is 36.3 Å². The van der Waals surface area contributed by atoms with E-state index in [1.54, 1.807) is 0 Å². The quantitative estimate of drug-likeness (QED) is 0.655. The Hall–Kier alpha value is -1.22. The molecule has 3 heteroatoms. The smallest absolute Gasteiger partial charge is 0.0410 e. The van der Waals surface area contributed by atoms with E-state index < -0.39 is 0 Å². The number of nitrogens with zero attached hydrogens (tertiary/aromatic N) is 1. The van der Waals surface area contributed by atoms with Crippen LogP contribution in [-0.4, -0.2) is 10.7 Å². The molecular formula is C14H18N2S. The van der Waals surface area contributed by atoms with Gasteiger partial charge in [-0.2, -0.15) is 0 Å². The number of anilines is 1. The van der Waals surface area contributed by atoms with Gasteiger partial charge in [0, 0.05) is 33.7 Å². The first-order valence-corrected chi connectivity index (χ1v) is 6.92. The second-order valence-electron chi connectivity index (χ2n) is 4.61. The minimum absolute atomic E-state index is 0.754. The van der Waals surface area contributed by atoms with Crippen molar-refractivity contribution in [2.45, 2.75) is 25.2 Å². The van der Waals surface area contributed by atoms with Crippen LogP contribution in [-0.2, 0) is 0 Å². The van der Waals surface area contributed by atoms with E-state index in [0.717, 1.165) is 22.7 Å². The lowest BCUT2D eigenvalue weighted by Crippen LogP contribution is -1.92. The standard InChI is InChI=1S/C14H18N2S/c1-10(2)6-8-17-14-4-3-13(15)12-9-16-7-5-11(12)14/h3-5,7,9-10H,6,8,15H2,1-2H3. The first-order chi connectivity index (χ1) is 8.18. The fourth-order valence-corrected chi connectivity index (χ4v) is 3.02. The molecule has 0 atom stereocenters. The molecule has 0 unspecified atom stereocenters. The van der Waals surface area contributed by atoms with Gasteiger partial charge in [0.25, 0.3) is 0 Å². The Morgan fingerprint density at radius 3 is 2.82 bits per heavy atom. The van der Waals surface area contributed by atoms with Crippen molar-refractivity contribution < 1.29 is 0 Å². The fourth-order valence-electron chi connectivity index (χ4n) is 1.71. The fraction of sp³-hybridized carbons (Fsp3) is 0.357. The van der Waals surface area contributed by atoms with Crippen molar-refractivity contribution in [2.24, 2.45) is 5.92 Å². The van der Waals surface area contributed by atoms with Crippen LogP contribution in [0.15, 0.2) is 35.5 Å². The minimum atomic E-state index is 0.754. The highest BCUT2D eigenvalue weighted by atomic mass is 32.2. The minimum Gasteiger partial charge on any atom is -0.398 e. The first-order valence-electron chi connectivity index (χ1n) is 5.93. The van der Waals surface area contributed by atoms with Gasteiger partial charge in [0.15, 0.2) is 0 Å². The molecule has 2 aromatic rings. The Labute approximate surface area is 107 Å². The van der Waals surface area contributed by atoms with Gasteiger partial charge in [-0.25, -0.2) is 0 Å². The Balaban J connectivity index is 2.26. The molecule has 1 heterocycles. The van der Waals surface area contributed by atoms with Crippen LogP contribution in [0.1, 0.15) is 20.3 Å². The summed E-state index contributed by atoms with van der Waals surface area (Å²) >= 11 is 1.90. The molecule has 0 saturated heterocycles. The second kappa shape index (κ2) is 5.41. The number of fused-ring (bicyclic) bond motifs is 1. The Bertz CT molecular complexity index is 509. The molecule has 0 radical (unpaired) electrons. The topological polar surface area (TPSA) is 38.9 Å². The molecule has 2 nitrogen and oxygen atoms in total. The summed E-state index contributed by atoms with van der Waals surface area (Å²) in [6.07, 6.45) is 4.91. The van der Waals surface area contributed by atoms with Crippen molar-refractivity contribution in [3.63, 3.8) is 0 Å². The molecule has 0 saturated carbocycles. The van der Waals surface area contributed by atoms with Gasteiger partial charge in [0.1, 0.15) is 0 Å². The molecule has 0 fully saturated rings. The van der Waals surface area contributed by atoms with Crippen molar-refractivity contribution >= 4 is 28.2 Å². The zero-order chi connectivity index (χ0) is 12.3. The van der Waals surface area contributed by atoms with E-state index in [9.17, 15) is 0 Å². The van der Waals surface area contributed by atoms with Crippen molar-refractivity contribution in [1.29, 1.82) is 0 Å². The lowest BCUT2D eigenvalue weighted by molar-refractivity contribution is 0.632. The lowest BCUT2D eigenvalue weighted by Gasteiger charge is -2.09. The van der Waals surface area contributed by atoms with Crippen LogP contribution in [0.3, 0.4) is 0 Å². The predicted molar refractivity (Wildman–Crippen MR) is 76.3 cm³/mol. The van der Waals surface area contributed by atoms with Crippen LogP contribution in [0.2, 0.25) is 0 Å². The molecular weight excluding hydrogens is 228 g/mol. The molecule has 17 heavy (non-hydrogen) atoms. The summed E-state index contributed by atoms with van der Waals surface area (Å²) in [5, 5.41) is 2.27. The Kier molecular flexibility index (Phi) is 3.89. The van der Waals surface area contributed by atoms with Gasteiger partial charge < -0.3 is 5.73 Å². The average molecular weight is 246 g/mol. The zero-order valence-corrected chi connectivity index (χ0v) is 11.1. The monoisotopic (exact) mass is 246 g/mol. The third kappa shape index (κ3) is 2.91. The molecule has 0 bridgehead atoms. The maximum absolute atomic E-state index is 5.95. The third-order valence-corrected chi connectivity index (χ3v) is 3.87. The summed E-state index contributed by atoms with van der Waals surface area (Å²) in [5.74, 6) is 1.91. The number of thioether (sulfide) groups is 1. The lowest BCUT2D eigenvalue weighted by atomic mass is 10.1.